The molecule has 0 radical (unpaired) electrons. The molecule has 1 aliphatic rings. The second-order valence-electron chi connectivity index (χ2n) is 7.20. The summed E-state index contributed by atoms with van der Waals surface area (Å²) in [5, 5.41) is 3.58. The fraction of sp³-hybridized carbons (Fsp3) is 0.409. The van der Waals surface area contributed by atoms with Crippen LogP contribution in [0.15, 0.2) is 47.5 Å². The number of aliphatic imine (C=N–C) groups is 1. The highest BCUT2D eigenvalue weighted by atomic mass is 35.5. The molecule has 0 amide bonds. The monoisotopic (exact) mass is 415 g/mol. The molecule has 0 spiro atoms. The van der Waals surface area contributed by atoms with Crippen molar-refractivity contribution < 1.29 is 4.74 Å². The van der Waals surface area contributed by atoms with Crippen molar-refractivity contribution in [2.75, 3.05) is 45.2 Å². The highest BCUT2D eigenvalue weighted by molar-refractivity contribution is 6.32. The van der Waals surface area contributed by atoms with E-state index in [9.17, 15) is 0 Å². The van der Waals surface area contributed by atoms with Gasteiger partial charge in [0.05, 0.1) is 18.7 Å². The number of hydrogen-bond donors (Lipinski definition) is 2. The Labute approximate surface area is 178 Å². The standard InChI is InChI=1S/C22H30ClN5O/c1-3-27-10-12-28(13-11-27)16-18-6-4-17(5-7-18)15-25-22(24)26-19-8-9-21(29-2)20(23)14-19/h4-9,14H,3,10-13,15-16H2,1-2H3,(H3,24,25,26). The van der Waals surface area contributed by atoms with Crippen LogP contribution in [0.25, 0.3) is 0 Å². The number of piperazine rings is 1. The van der Waals surface area contributed by atoms with Crippen LogP contribution in [0.5, 0.6) is 5.75 Å². The van der Waals surface area contributed by atoms with Crippen molar-refractivity contribution in [3.8, 4) is 5.75 Å². The van der Waals surface area contributed by atoms with Gasteiger partial charge in [0.2, 0.25) is 0 Å². The Balaban J connectivity index is 1.49. The molecule has 0 aromatic heterocycles. The first-order valence-electron chi connectivity index (χ1n) is 10.0. The van der Waals surface area contributed by atoms with Gasteiger partial charge in [0.25, 0.3) is 0 Å². The summed E-state index contributed by atoms with van der Waals surface area (Å²) in [4.78, 5) is 9.43. The summed E-state index contributed by atoms with van der Waals surface area (Å²) in [7, 11) is 1.59. The van der Waals surface area contributed by atoms with E-state index in [1.54, 1.807) is 19.2 Å². The van der Waals surface area contributed by atoms with E-state index in [0.717, 1.165) is 50.5 Å². The third-order valence-electron chi connectivity index (χ3n) is 5.20. The maximum atomic E-state index is 6.13. The number of ether oxygens (including phenoxy) is 1. The molecule has 7 heteroatoms. The molecule has 2 aromatic carbocycles. The molecule has 0 atom stereocenters. The molecule has 1 saturated heterocycles. The molecule has 0 unspecified atom stereocenters. The van der Waals surface area contributed by atoms with Crippen LogP contribution in [0.1, 0.15) is 18.1 Å². The summed E-state index contributed by atoms with van der Waals surface area (Å²) in [5.41, 5.74) is 9.24. The smallest absolute Gasteiger partial charge is 0.193 e. The van der Waals surface area contributed by atoms with Crippen molar-refractivity contribution in [1.82, 2.24) is 9.80 Å². The minimum absolute atomic E-state index is 0.351. The van der Waals surface area contributed by atoms with Crippen molar-refractivity contribution in [3.05, 3.63) is 58.6 Å². The minimum Gasteiger partial charge on any atom is -0.495 e. The fourth-order valence-electron chi connectivity index (χ4n) is 3.38. The summed E-state index contributed by atoms with van der Waals surface area (Å²) >= 11 is 6.13. The number of methoxy groups -OCH3 is 1. The number of rotatable bonds is 7. The zero-order chi connectivity index (χ0) is 20.6. The van der Waals surface area contributed by atoms with Gasteiger partial charge in [-0.1, -0.05) is 42.8 Å². The van der Waals surface area contributed by atoms with Crippen LogP contribution in [0.2, 0.25) is 5.02 Å². The van der Waals surface area contributed by atoms with Crippen molar-refractivity contribution in [2.45, 2.75) is 20.0 Å². The largest absolute Gasteiger partial charge is 0.495 e. The zero-order valence-corrected chi connectivity index (χ0v) is 18.0. The second kappa shape index (κ2) is 10.5. The third kappa shape index (κ3) is 6.35. The Hall–Kier alpha value is -2.28. The third-order valence-corrected chi connectivity index (χ3v) is 5.49. The molecule has 1 aliphatic heterocycles. The molecule has 3 N–H and O–H groups in total. The van der Waals surface area contributed by atoms with Gasteiger partial charge in [0, 0.05) is 38.4 Å². The number of benzene rings is 2. The van der Waals surface area contributed by atoms with Gasteiger partial charge in [-0.25, -0.2) is 4.99 Å². The molecule has 3 rings (SSSR count). The van der Waals surface area contributed by atoms with Gasteiger partial charge >= 0.3 is 0 Å². The second-order valence-corrected chi connectivity index (χ2v) is 7.61. The lowest BCUT2D eigenvalue weighted by Gasteiger charge is -2.34. The SMILES string of the molecule is CCN1CCN(Cc2ccc(CN=C(N)Nc3ccc(OC)c(Cl)c3)cc2)CC1. The Bertz CT molecular complexity index is 816. The summed E-state index contributed by atoms with van der Waals surface area (Å²) in [5.74, 6) is 0.976. The molecular formula is C22H30ClN5O. The van der Waals surface area contributed by atoms with E-state index in [0.29, 0.717) is 23.3 Å². The van der Waals surface area contributed by atoms with Crippen LogP contribution in [0.4, 0.5) is 5.69 Å². The summed E-state index contributed by atoms with van der Waals surface area (Å²) in [6, 6.07) is 14.0. The average Bonchev–Trinajstić information content (AvgIpc) is 2.74. The lowest BCUT2D eigenvalue weighted by Crippen LogP contribution is -2.45. The van der Waals surface area contributed by atoms with E-state index in [2.05, 4.69) is 51.3 Å². The number of halogens is 1. The molecule has 1 fully saturated rings. The predicted molar refractivity (Wildman–Crippen MR) is 121 cm³/mol. The Morgan fingerprint density at radius 3 is 2.34 bits per heavy atom. The maximum absolute atomic E-state index is 6.13. The van der Waals surface area contributed by atoms with Crippen molar-refractivity contribution in [3.63, 3.8) is 0 Å². The quantitative estimate of drug-likeness (QED) is 0.535. The average molecular weight is 416 g/mol. The molecule has 0 aliphatic carbocycles. The fourth-order valence-corrected chi connectivity index (χ4v) is 3.64. The first-order valence-corrected chi connectivity index (χ1v) is 10.4. The first-order chi connectivity index (χ1) is 14.1. The van der Waals surface area contributed by atoms with E-state index in [1.165, 1.54) is 5.56 Å². The van der Waals surface area contributed by atoms with Crippen molar-refractivity contribution in [1.29, 1.82) is 0 Å². The van der Waals surface area contributed by atoms with Gasteiger partial charge in [-0.05, 0) is 35.9 Å². The minimum atomic E-state index is 0.351. The maximum Gasteiger partial charge on any atom is 0.193 e. The van der Waals surface area contributed by atoms with Gasteiger partial charge < -0.3 is 20.7 Å². The number of hydrogen-bond acceptors (Lipinski definition) is 4. The number of likely N-dealkylation sites (N-methyl/N-ethyl adjacent to an activating group) is 1. The van der Waals surface area contributed by atoms with Gasteiger partial charge in [0.15, 0.2) is 5.96 Å². The molecule has 29 heavy (non-hydrogen) atoms. The molecule has 6 nitrogen and oxygen atoms in total. The van der Waals surface area contributed by atoms with Gasteiger partial charge in [0.1, 0.15) is 5.75 Å². The van der Waals surface area contributed by atoms with E-state index in [1.807, 2.05) is 6.07 Å². The summed E-state index contributed by atoms with van der Waals surface area (Å²) < 4.78 is 5.15. The summed E-state index contributed by atoms with van der Waals surface area (Å²) in [6.07, 6.45) is 0. The lowest BCUT2D eigenvalue weighted by atomic mass is 10.1. The molecule has 1 heterocycles. The van der Waals surface area contributed by atoms with E-state index < -0.39 is 0 Å². The predicted octanol–water partition coefficient (Wildman–Crippen LogP) is 3.41. The number of guanidine groups is 1. The number of nitrogens with two attached hydrogens (primary N) is 1. The highest BCUT2D eigenvalue weighted by Gasteiger charge is 2.15. The van der Waals surface area contributed by atoms with E-state index in [4.69, 9.17) is 22.1 Å². The van der Waals surface area contributed by atoms with Crippen molar-refractivity contribution >= 4 is 23.2 Å². The number of anilines is 1. The highest BCUT2D eigenvalue weighted by Crippen LogP contribution is 2.27. The molecule has 2 aromatic rings. The number of nitrogens with one attached hydrogen (secondary N) is 1. The lowest BCUT2D eigenvalue weighted by molar-refractivity contribution is 0.132. The Morgan fingerprint density at radius 1 is 1.07 bits per heavy atom. The van der Waals surface area contributed by atoms with Gasteiger partial charge in [-0.2, -0.15) is 0 Å². The normalized spacial score (nSPS) is 16.0. The number of nitrogens with zero attached hydrogens (tertiary/aromatic N) is 3. The van der Waals surface area contributed by atoms with Crippen LogP contribution < -0.4 is 15.8 Å². The molecule has 0 bridgehead atoms. The van der Waals surface area contributed by atoms with Crippen LogP contribution in [-0.2, 0) is 13.1 Å². The topological polar surface area (TPSA) is 66.1 Å². The van der Waals surface area contributed by atoms with Crippen LogP contribution in [0, 0.1) is 0 Å². The molecule has 156 valence electrons. The zero-order valence-electron chi connectivity index (χ0n) is 17.2. The molecular weight excluding hydrogens is 386 g/mol. The Kier molecular flexibility index (Phi) is 7.75. The van der Waals surface area contributed by atoms with E-state index in [-0.39, 0.29) is 0 Å². The summed E-state index contributed by atoms with van der Waals surface area (Å²) in [6.45, 7) is 9.50. The van der Waals surface area contributed by atoms with E-state index >= 15 is 0 Å². The van der Waals surface area contributed by atoms with Crippen LogP contribution >= 0.6 is 11.6 Å². The van der Waals surface area contributed by atoms with Crippen LogP contribution in [0.3, 0.4) is 0 Å². The van der Waals surface area contributed by atoms with Gasteiger partial charge in [-0.3, -0.25) is 4.90 Å². The first kappa shape index (κ1) is 21.4. The van der Waals surface area contributed by atoms with Crippen LogP contribution in [-0.4, -0.2) is 55.6 Å². The van der Waals surface area contributed by atoms with Crippen molar-refractivity contribution in [2.24, 2.45) is 10.7 Å². The molecule has 0 saturated carbocycles. The van der Waals surface area contributed by atoms with Gasteiger partial charge in [-0.15, -0.1) is 0 Å². The Morgan fingerprint density at radius 2 is 1.72 bits per heavy atom.